The fourth-order valence-electron chi connectivity index (χ4n) is 7.58. The molecule has 0 fully saturated rings. The van der Waals surface area contributed by atoms with Crippen LogP contribution < -0.4 is 4.74 Å². The first-order valence-electron chi connectivity index (χ1n) is 17.1. The number of allylic oxidation sites excluding steroid dienone is 3. The SMILES string of the molecule is C1=CC2Oc3ccc(C4CC(c5cccc(-c6nc(-c7ccccc7)nc(-c7ccccc7)n6)c5)=Cc5c4oc4ccccc54)cc3C2C=C1. The molecule has 238 valence electrons. The first-order chi connectivity index (χ1) is 24.7. The summed E-state index contributed by atoms with van der Waals surface area (Å²) in [6.07, 6.45) is 11.8. The van der Waals surface area contributed by atoms with Gasteiger partial charge >= 0.3 is 0 Å². The Kier molecular flexibility index (Phi) is 6.69. The van der Waals surface area contributed by atoms with Crippen LogP contribution >= 0.6 is 0 Å². The molecule has 0 saturated carbocycles. The highest BCUT2D eigenvalue weighted by Crippen LogP contribution is 2.49. The molecule has 2 aliphatic carbocycles. The first-order valence-corrected chi connectivity index (χ1v) is 17.1. The Morgan fingerprint density at radius 3 is 2.02 bits per heavy atom. The Morgan fingerprint density at radius 2 is 1.24 bits per heavy atom. The van der Waals surface area contributed by atoms with Crippen LogP contribution in [0.1, 0.15) is 46.3 Å². The van der Waals surface area contributed by atoms with Crippen molar-refractivity contribution in [2.24, 2.45) is 0 Å². The number of benzene rings is 5. The second-order valence-corrected chi connectivity index (χ2v) is 13.1. The number of ether oxygens (including phenoxy) is 1. The van der Waals surface area contributed by atoms with Gasteiger partial charge in [-0.05, 0) is 53.5 Å². The normalized spacial score (nSPS) is 18.6. The van der Waals surface area contributed by atoms with Crippen molar-refractivity contribution in [1.82, 2.24) is 15.0 Å². The van der Waals surface area contributed by atoms with Gasteiger partial charge in [0.1, 0.15) is 23.2 Å². The van der Waals surface area contributed by atoms with Crippen LogP contribution in [0.3, 0.4) is 0 Å². The number of nitrogens with zero attached hydrogens (tertiary/aromatic N) is 3. The number of aromatic nitrogens is 3. The van der Waals surface area contributed by atoms with Gasteiger partial charge in [0, 0.05) is 45.0 Å². The summed E-state index contributed by atoms with van der Waals surface area (Å²) in [5.41, 5.74) is 9.74. The van der Waals surface area contributed by atoms with Gasteiger partial charge in [0.15, 0.2) is 17.5 Å². The number of para-hydroxylation sites is 1. The third-order valence-electron chi connectivity index (χ3n) is 10.1. The van der Waals surface area contributed by atoms with E-state index < -0.39 is 0 Å². The van der Waals surface area contributed by atoms with E-state index in [1.54, 1.807) is 0 Å². The summed E-state index contributed by atoms with van der Waals surface area (Å²) in [6.45, 7) is 0. The molecule has 50 heavy (non-hydrogen) atoms. The molecule has 3 heterocycles. The van der Waals surface area contributed by atoms with E-state index in [0.717, 1.165) is 56.7 Å². The van der Waals surface area contributed by atoms with E-state index in [-0.39, 0.29) is 17.9 Å². The van der Waals surface area contributed by atoms with Gasteiger partial charge in [-0.2, -0.15) is 0 Å². The first kappa shape index (κ1) is 28.7. The van der Waals surface area contributed by atoms with Crippen LogP contribution in [-0.4, -0.2) is 21.1 Å². The summed E-state index contributed by atoms with van der Waals surface area (Å²) in [5.74, 6) is 4.19. The molecule has 0 bridgehead atoms. The molecule has 5 heteroatoms. The van der Waals surface area contributed by atoms with E-state index in [1.165, 1.54) is 16.7 Å². The van der Waals surface area contributed by atoms with Gasteiger partial charge in [-0.1, -0.05) is 127 Å². The minimum absolute atomic E-state index is 0.0417. The third kappa shape index (κ3) is 4.89. The summed E-state index contributed by atoms with van der Waals surface area (Å²) < 4.78 is 12.9. The highest BCUT2D eigenvalue weighted by atomic mass is 16.5. The van der Waals surface area contributed by atoms with E-state index in [2.05, 4.69) is 91.0 Å². The van der Waals surface area contributed by atoms with Gasteiger partial charge in [-0.3, -0.25) is 0 Å². The highest BCUT2D eigenvalue weighted by Gasteiger charge is 2.35. The van der Waals surface area contributed by atoms with E-state index >= 15 is 0 Å². The van der Waals surface area contributed by atoms with Crippen LogP contribution in [0.2, 0.25) is 0 Å². The molecule has 0 saturated heterocycles. The lowest BCUT2D eigenvalue weighted by Crippen LogP contribution is -2.15. The fourth-order valence-corrected chi connectivity index (χ4v) is 7.58. The van der Waals surface area contributed by atoms with Crippen molar-refractivity contribution in [1.29, 1.82) is 0 Å². The van der Waals surface area contributed by atoms with Crippen molar-refractivity contribution in [2.45, 2.75) is 24.4 Å². The lowest BCUT2D eigenvalue weighted by atomic mass is 9.79. The number of hydrogen-bond acceptors (Lipinski definition) is 5. The lowest BCUT2D eigenvalue weighted by Gasteiger charge is -2.24. The van der Waals surface area contributed by atoms with Gasteiger partial charge in [0.25, 0.3) is 0 Å². The standard InChI is InChI=1S/C45H31N3O2/c1-3-12-28(13-4-1)43-46-44(29-14-5-2-6-15-29)48-45(47-43)32-17-11-16-30(24-32)33-26-36(42-38(27-33)35-19-8-10-21-40(35)50-42)31-22-23-41-37(25-31)34-18-7-9-20-39(34)49-41/h1-25,27,34,36,39H,26H2. The van der Waals surface area contributed by atoms with Crippen molar-refractivity contribution in [3.05, 3.63) is 180 Å². The number of rotatable bonds is 5. The Bertz CT molecular complexity index is 2450. The van der Waals surface area contributed by atoms with Crippen LogP contribution in [0.15, 0.2) is 156 Å². The van der Waals surface area contributed by atoms with Crippen molar-refractivity contribution in [3.8, 4) is 39.9 Å². The zero-order valence-electron chi connectivity index (χ0n) is 27.1. The maximum atomic E-state index is 6.64. The highest BCUT2D eigenvalue weighted by molar-refractivity contribution is 5.97. The zero-order valence-corrected chi connectivity index (χ0v) is 27.1. The molecule has 0 amide bonds. The molecule has 3 atom stereocenters. The van der Waals surface area contributed by atoms with E-state index in [4.69, 9.17) is 24.1 Å². The van der Waals surface area contributed by atoms with Crippen LogP contribution in [0.25, 0.3) is 56.8 Å². The lowest BCUT2D eigenvalue weighted by molar-refractivity contribution is 0.269. The molecule has 2 aromatic heterocycles. The minimum Gasteiger partial charge on any atom is -0.485 e. The number of fused-ring (bicyclic) bond motifs is 6. The van der Waals surface area contributed by atoms with Crippen molar-refractivity contribution >= 4 is 22.6 Å². The maximum absolute atomic E-state index is 6.64. The van der Waals surface area contributed by atoms with E-state index in [1.807, 2.05) is 66.7 Å². The summed E-state index contributed by atoms with van der Waals surface area (Å²) in [5, 5.41) is 1.13. The van der Waals surface area contributed by atoms with Crippen LogP contribution in [0.4, 0.5) is 0 Å². The monoisotopic (exact) mass is 645 g/mol. The molecule has 7 aromatic rings. The summed E-state index contributed by atoms with van der Waals surface area (Å²) >= 11 is 0. The molecule has 5 nitrogen and oxygen atoms in total. The largest absolute Gasteiger partial charge is 0.485 e. The number of hydrogen-bond donors (Lipinski definition) is 0. The molecule has 0 radical (unpaired) electrons. The smallest absolute Gasteiger partial charge is 0.164 e. The van der Waals surface area contributed by atoms with Gasteiger partial charge in [-0.25, -0.2) is 15.0 Å². The maximum Gasteiger partial charge on any atom is 0.164 e. The average molecular weight is 646 g/mol. The van der Waals surface area contributed by atoms with Crippen LogP contribution in [0.5, 0.6) is 5.75 Å². The predicted molar refractivity (Wildman–Crippen MR) is 199 cm³/mol. The Hall–Kier alpha value is -6.33. The average Bonchev–Trinajstić information content (AvgIpc) is 3.76. The summed E-state index contributed by atoms with van der Waals surface area (Å²) in [7, 11) is 0. The molecule has 0 N–H and O–H groups in total. The molecule has 3 aliphatic rings. The molecule has 5 aromatic carbocycles. The quantitative estimate of drug-likeness (QED) is 0.186. The van der Waals surface area contributed by atoms with Gasteiger partial charge in [0.05, 0.1) is 0 Å². The Balaban J connectivity index is 1.08. The summed E-state index contributed by atoms with van der Waals surface area (Å²) in [4.78, 5) is 14.9. The van der Waals surface area contributed by atoms with Crippen LogP contribution in [0, 0.1) is 0 Å². The van der Waals surface area contributed by atoms with Crippen LogP contribution in [-0.2, 0) is 0 Å². The Morgan fingerprint density at radius 1 is 0.580 bits per heavy atom. The molecule has 1 aliphatic heterocycles. The van der Waals surface area contributed by atoms with Gasteiger partial charge < -0.3 is 9.15 Å². The van der Waals surface area contributed by atoms with Gasteiger partial charge in [-0.15, -0.1) is 0 Å². The second-order valence-electron chi connectivity index (χ2n) is 13.1. The predicted octanol–water partition coefficient (Wildman–Crippen LogP) is 10.7. The number of furan rings is 1. The summed E-state index contributed by atoms with van der Waals surface area (Å²) in [6, 6.07) is 43.8. The van der Waals surface area contributed by atoms with Crippen molar-refractivity contribution in [2.75, 3.05) is 0 Å². The van der Waals surface area contributed by atoms with Crippen molar-refractivity contribution in [3.63, 3.8) is 0 Å². The molecule has 3 unspecified atom stereocenters. The molecular weight excluding hydrogens is 615 g/mol. The molecular formula is C45H31N3O2. The third-order valence-corrected chi connectivity index (χ3v) is 10.1. The van der Waals surface area contributed by atoms with Gasteiger partial charge in [0.2, 0.25) is 0 Å². The minimum atomic E-state index is 0.0417. The zero-order chi connectivity index (χ0) is 33.0. The van der Waals surface area contributed by atoms with E-state index in [0.29, 0.717) is 17.5 Å². The van der Waals surface area contributed by atoms with E-state index in [9.17, 15) is 0 Å². The molecule has 0 spiro atoms. The topological polar surface area (TPSA) is 61.0 Å². The Labute approximate surface area is 290 Å². The fraction of sp³-hybridized carbons (Fsp3) is 0.0889. The molecule has 10 rings (SSSR count). The van der Waals surface area contributed by atoms with Crippen molar-refractivity contribution < 1.29 is 9.15 Å². The second kappa shape index (κ2) is 11.7.